The molecule has 8 aromatic rings. The number of imidazole rings is 1. The minimum atomic E-state index is -0.138. The first-order valence-corrected chi connectivity index (χ1v) is 23.0. The van der Waals surface area contributed by atoms with Crippen LogP contribution in [0.4, 0.5) is 0 Å². The van der Waals surface area contributed by atoms with Crippen molar-refractivity contribution in [3.05, 3.63) is 167 Å². The molecule has 0 aliphatic heterocycles. The number of para-hydroxylation sites is 1. The molecule has 2 aromatic heterocycles. The number of pyridine rings is 1. The fraction of sp³-hybridized carbons (Fsp3) is 0.300. The van der Waals surface area contributed by atoms with E-state index >= 15 is 0 Å². The second kappa shape index (κ2) is 16.7. The largest absolute Gasteiger partial charge is 0.507 e. The van der Waals surface area contributed by atoms with Crippen LogP contribution in [0.3, 0.4) is 0 Å². The molecule has 0 aliphatic carbocycles. The lowest BCUT2D eigenvalue weighted by Gasteiger charge is -2.23. The molecule has 0 fully saturated rings. The van der Waals surface area contributed by atoms with Crippen molar-refractivity contribution >= 4 is 11.0 Å². The fourth-order valence-corrected chi connectivity index (χ4v) is 8.66. The van der Waals surface area contributed by atoms with Crippen LogP contribution in [0.1, 0.15) is 130 Å². The van der Waals surface area contributed by atoms with Gasteiger partial charge in [0.15, 0.2) is 0 Å². The summed E-state index contributed by atoms with van der Waals surface area (Å²) in [5, 5.41) is 12.3. The molecule has 0 spiro atoms. The van der Waals surface area contributed by atoms with Crippen LogP contribution < -0.4 is 0 Å². The zero-order chi connectivity index (χ0) is 45.9. The Labute approximate surface area is 382 Å². The molecule has 0 aliphatic rings. The second-order valence-corrected chi connectivity index (χ2v) is 21.5. The summed E-state index contributed by atoms with van der Waals surface area (Å²) in [6.45, 7) is 29.1. The molecule has 0 saturated heterocycles. The molecular formula is C60H65N3O. The van der Waals surface area contributed by atoms with E-state index in [1.54, 1.807) is 0 Å². The standard InChI is InChI=1S/C60H65N3O/c1-37(2)42-33-51(38(3)4)56(64)52(34-42)57-62-55-50(20-17-21-54(55)63(57)49-32-43(39-18-15-14-16-19-39)29-48(36-49)60(11,12)13)44-28-45(31-47(30-44)59(8,9)10)53-35-41(26-27-61-53)40-22-24-46(25-23-40)58(5,6)7/h14-38,64H,1-13H3. The number of rotatable bonds is 8. The highest BCUT2D eigenvalue weighted by molar-refractivity contribution is 5.97. The van der Waals surface area contributed by atoms with Gasteiger partial charge in [-0.05, 0) is 132 Å². The Kier molecular flexibility index (Phi) is 11.6. The summed E-state index contributed by atoms with van der Waals surface area (Å²) in [6, 6.07) is 48.5. The Morgan fingerprint density at radius 1 is 0.484 bits per heavy atom. The first kappa shape index (κ1) is 44.4. The van der Waals surface area contributed by atoms with Crippen LogP contribution in [0.15, 0.2) is 140 Å². The maximum Gasteiger partial charge on any atom is 0.149 e. The highest BCUT2D eigenvalue weighted by Crippen LogP contribution is 2.44. The molecule has 0 saturated carbocycles. The van der Waals surface area contributed by atoms with Crippen molar-refractivity contribution in [2.45, 2.75) is 118 Å². The van der Waals surface area contributed by atoms with Crippen molar-refractivity contribution in [1.82, 2.24) is 14.5 Å². The predicted molar refractivity (Wildman–Crippen MR) is 272 cm³/mol. The normalized spacial score (nSPS) is 12.5. The summed E-state index contributed by atoms with van der Waals surface area (Å²) in [7, 11) is 0. The first-order chi connectivity index (χ1) is 30.2. The van der Waals surface area contributed by atoms with Crippen molar-refractivity contribution in [2.24, 2.45) is 0 Å². The van der Waals surface area contributed by atoms with Crippen LogP contribution in [-0.2, 0) is 16.2 Å². The Morgan fingerprint density at radius 2 is 1.11 bits per heavy atom. The zero-order valence-corrected chi connectivity index (χ0v) is 40.2. The summed E-state index contributed by atoms with van der Waals surface area (Å²) in [5.41, 5.74) is 17.9. The molecule has 0 atom stereocenters. The molecule has 64 heavy (non-hydrogen) atoms. The average molecular weight is 844 g/mol. The van der Waals surface area contributed by atoms with E-state index in [2.05, 4.69) is 228 Å². The number of aromatic hydroxyl groups is 1. The zero-order valence-electron chi connectivity index (χ0n) is 40.2. The van der Waals surface area contributed by atoms with Crippen molar-refractivity contribution in [2.75, 3.05) is 0 Å². The number of nitrogens with zero attached hydrogens (tertiary/aromatic N) is 3. The van der Waals surface area contributed by atoms with Crippen LogP contribution in [0.25, 0.3) is 72.7 Å². The predicted octanol–water partition coefficient (Wildman–Crippen LogP) is 16.6. The first-order valence-electron chi connectivity index (χ1n) is 23.0. The van der Waals surface area contributed by atoms with Crippen molar-refractivity contribution in [3.63, 3.8) is 0 Å². The lowest BCUT2D eigenvalue weighted by Crippen LogP contribution is -2.12. The molecule has 0 radical (unpaired) electrons. The van der Waals surface area contributed by atoms with E-state index in [0.29, 0.717) is 5.82 Å². The van der Waals surface area contributed by atoms with Crippen molar-refractivity contribution < 1.29 is 5.11 Å². The van der Waals surface area contributed by atoms with Gasteiger partial charge in [-0.1, -0.05) is 175 Å². The molecular weight excluding hydrogens is 779 g/mol. The van der Waals surface area contributed by atoms with Crippen LogP contribution in [0.2, 0.25) is 0 Å². The molecule has 6 aromatic carbocycles. The van der Waals surface area contributed by atoms with Crippen LogP contribution in [0, 0.1) is 0 Å². The molecule has 1 N–H and O–H groups in total. The van der Waals surface area contributed by atoms with Gasteiger partial charge in [0.25, 0.3) is 0 Å². The lowest BCUT2D eigenvalue weighted by atomic mass is 9.83. The topological polar surface area (TPSA) is 50.9 Å². The summed E-state index contributed by atoms with van der Waals surface area (Å²) < 4.78 is 2.29. The van der Waals surface area contributed by atoms with E-state index in [9.17, 15) is 5.11 Å². The van der Waals surface area contributed by atoms with Gasteiger partial charge in [0, 0.05) is 23.0 Å². The lowest BCUT2D eigenvalue weighted by molar-refractivity contribution is 0.466. The SMILES string of the molecule is CC(C)c1cc(-c2nc3c(-c4cc(-c5cc(-c6ccc(C(C)(C)C)cc6)ccn5)cc(C(C)(C)C)c4)cccc3n2-c2cc(-c3ccccc3)cc(C(C)(C)C)c2)c(O)c(C(C)C)c1. The van der Waals surface area contributed by atoms with Gasteiger partial charge in [-0.15, -0.1) is 0 Å². The molecule has 2 heterocycles. The van der Waals surface area contributed by atoms with Gasteiger partial charge in [-0.3, -0.25) is 9.55 Å². The highest BCUT2D eigenvalue weighted by Gasteiger charge is 2.26. The summed E-state index contributed by atoms with van der Waals surface area (Å²) in [4.78, 5) is 10.6. The van der Waals surface area contributed by atoms with E-state index in [1.807, 2.05) is 6.20 Å². The number of hydrogen-bond donors (Lipinski definition) is 1. The van der Waals surface area contributed by atoms with Crippen molar-refractivity contribution in [1.29, 1.82) is 0 Å². The number of fused-ring (bicyclic) bond motifs is 1. The van der Waals surface area contributed by atoms with Gasteiger partial charge in [-0.25, -0.2) is 4.98 Å². The minimum absolute atomic E-state index is 0.0856. The van der Waals surface area contributed by atoms with E-state index in [1.165, 1.54) is 27.8 Å². The maximum absolute atomic E-state index is 12.3. The van der Waals surface area contributed by atoms with E-state index in [4.69, 9.17) is 9.97 Å². The maximum atomic E-state index is 12.3. The molecule has 4 heteroatoms. The van der Waals surface area contributed by atoms with Gasteiger partial charge in [-0.2, -0.15) is 0 Å². The summed E-state index contributed by atoms with van der Waals surface area (Å²) in [5.74, 6) is 1.37. The number of aromatic nitrogens is 3. The van der Waals surface area contributed by atoms with E-state index < -0.39 is 0 Å². The molecule has 0 unspecified atom stereocenters. The third kappa shape index (κ3) is 8.80. The highest BCUT2D eigenvalue weighted by atomic mass is 16.3. The van der Waals surface area contributed by atoms with Crippen LogP contribution in [0.5, 0.6) is 5.75 Å². The summed E-state index contributed by atoms with van der Waals surface area (Å²) in [6.07, 6.45) is 1.93. The second-order valence-electron chi connectivity index (χ2n) is 21.5. The minimum Gasteiger partial charge on any atom is -0.507 e. The third-order valence-electron chi connectivity index (χ3n) is 12.8. The van der Waals surface area contributed by atoms with Gasteiger partial charge in [0.1, 0.15) is 11.6 Å². The van der Waals surface area contributed by atoms with Crippen LogP contribution in [-0.4, -0.2) is 19.6 Å². The van der Waals surface area contributed by atoms with Gasteiger partial charge in [0.2, 0.25) is 0 Å². The quantitative estimate of drug-likeness (QED) is 0.166. The average Bonchev–Trinajstić information content (AvgIpc) is 3.65. The Hall–Kier alpha value is -6.26. The third-order valence-corrected chi connectivity index (χ3v) is 12.8. The molecule has 326 valence electrons. The number of phenols is 1. The smallest absolute Gasteiger partial charge is 0.149 e. The van der Waals surface area contributed by atoms with E-state index in [-0.39, 0.29) is 33.8 Å². The Bertz CT molecular complexity index is 2980. The van der Waals surface area contributed by atoms with E-state index in [0.717, 1.165) is 66.9 Å². The molecule has 0 amide bonds. The van der Waals surface area contributed by atoms with Gasteiger partial charge in [0.05, 0.1) is 22.3 Å². The monoisotopic (exact) mass is 844 g/mol. The van der Waals surface area contributed by atoms with Crippen LogP contribution >= 0.6 is 0 Å². The summed E-state index contributed by atoms with van der Waals surface area (Å²) >= 11 is 0. The Balaban J connectivity index is 1.40. The molecule has 4 nitrogen and oxygen atoms in total. The van der Waals surface area contributed by atoms with Gasteiger partial charge < -0.3 is 5.11 Å². The van der Waals surface area contributed by atoms with Gasteiger partial charge >= 0.3 is 0 Å². The number of hydrogen-bond acceptors (Lipinski definition) is 3. The number of phenolic OH excluding ortho intramolecular Hbond substituents is 1. The molecule has 8 rings (SSSR count). The molecule has 0 bridgehead atoms. The number of benzene rings is 6. The Morgan fingerprint density at radius 3 is 1.75 bits per heavy atom. The fourth-order valence-electron chi connectivity index (χ4n) is 8.66. The van der Waals surface area contributed by atoms with Crippen molar-refractivity contribution in [3.8, 4) is 67.5 Å².